The fourth-order valence-electron chi connectivity index (χ4n) is 3.35. The van der Waals surface area contributed by atoms with Gasteiger partial charge in [0.25, 0.3) is 11.6 Å². The van der Waals surface area contributed by atoms with Crippen LogP contribution in [0.25, 0.3) is 11.5 Å². The van der Waals surface area contributed by atoms with Crippen molar-refractivity contribution in [3.8, 4) is 11.5 Å². The third-order valence-corrected chi connectivity index (χ3v) is 5.12. The van der Waals surface area contributed by atoms with E-state index in [1.54, 1.807) is 24.3 Å². The minimum absolute atomic E-state index is 0.0144. The van der Waals surface area contributed by atoms with E-state index < -0.39 is 4.92 Å². The lowest BCUT2D eigenvalue weighted by Crippen LogP contribution is -3.12. The molecular weight excluding hydrogens is 363 g/mol. The molecule has 1 saturated carbocycles. The van der Waals surface area contributed by atoms with Crippen molar-refractivity contribution in [1.29, 1.82) is 0 Å². The number of aromatic nitrogens is 2. The monoisotopic (exact) mass is 383 g/mol. The minimum Gasteiger partial charge on any atom is -0.415 e. The third kappa shape index (κ3) is 3.91. The lowest BCUT2D eigenvalue weighted by molar-refractivity contribution is -0.955. The largest absolute Gasteiger partial charge is 0.415 e. The molecule has 0 saturated heterocycles. The van der Waals surface area contributed by atoms with Crippen molar-refractivity contribution in [2.24, 2.45) is 0 Å². The molecule has 1 fully saturated rings. The first kappa shape index (κ1) is 18.2. The van der Waals surface area contributed by atoms with Crippen LogP contribution >= 0.6 is 0 Å². The van der Waals surface area contributed by atoms with Gasteiger partial charge < -0.3 is 9.32 Å². The molecule has 1 N–H and O–H groups in total. The van der Waals surface area contributed by atoms with Gasteiger partial charge in [-0.3, -0.25) is 10.1 Å². The molecule has 0 radical (unpaired) electrons. The summed E-state index contributed by atoms with van der Waals surface area (Å²) in [6, 6.07) is 13.1. The van der Waals surface area contributed by atoms with Gasteiger partial charge in [-0.2, -0.15) is 0 Å². The van der Waals surface area contributed by atoms with Crippen molar-refractivity contribution in [3.63, 3.8) is 0 Å². The third-order valence-electron chi connectivity index (χ3n) is 5.12. The van der Waals surface area contributed by atoms with E-state index in [2.05, 4.69) is 10.2 Å². The molecule has 1 heterocycles. The normalized spacial score (nSPS) is 15.9. The van der Waals surface area contributed by atoms with Gasteiger partial charge in [0.05, 0.1) is 11.0 Å². The number of hydrogen-bond donors (Lipinski definition) is 1. The van der Waals surface area contributed by atoms with Crippen LogP contribution in [0.4, 0.5) is 10.1 Å². The second-order valence-corrected chi connectivity index (χ2v) is 7.12. The predicted octanol–water partition coefficient (Wildman–Crippen LogP) is 3.09. The fraction of sp³-hybridized carbons (Fsp3) is 0.300. The Bertz CT molecular complexity index is 968. The van der Waals surface area contributed by atoms with Crippen LogP contribution in [0.3, 0.4) is 0 Å². The first-order valence-corrected chi connectivity index (χ1v) is 9.19. The SMILES string of the molecule is C[C@H](c1nnc(-c2ccc([N+](=O)[O-])cc2)o1)[NH+](Cc1ccc(F)cc1)C1CC1. The number of benzene rings is 2. The maximum atomic E-state index is 13.2. The maximum Gasteiger partial charge on any atom is 0.274 e. The number of nitro groups is 1. The molecule has 1 aliphatic rings. The van der Waals surface area contributed by atoms with Crippen LogP contribution < -0.4 is 4.90 Å². The van der Waals surface area contributed by atoms with Crippen molar-refractivity contribution >= 4 is 5.69 Å². The van der Waals surface area contributed by atoms with E-state index in [9.17, 15) is 14.5 Å². The highest BCUT2D eigenvalue weighted by Gasteiger charge is 2.39. The molecule has 2 atom stereocenters. The number of nitro benzene ring substituents is 1. The topological polar surface area (TPSA) is 86.5 Å². The van der Waals surface area contributed by atoms with E-state index in [4.69, 9.17) is 4.42 Å². The molecule has 28 heavy (non-hydrogen) atoms. The number of nitrogens with one attached hydrogen (secondary N) is 1. The van der Waals surface area contributed by atoms with Crippen molar-refractivity contribution < 1.29 is 18.6 Å². The summed E-state index contributed by atoms with van der Waals surface area (Å²) in [6.07, 6.45) is 2.29. The standard InChI is InChI=1S/C20H19FN4O3/c1-13(24(17-10-11-17)12-14-2-6-16(21)7-3-14)19-22-23-20(28-19)15-4-8-18(9-5-15)25(26)27/h2-9,13,17H,10-12H2,1H3/p+1/t13-/m1/s1. The first-order chi connectivity index (χ1) is 13.5. The van der Waals surface area contributed by atoms with Gasteiger partial charge >= 0.3 is 0 Å². The van der Waals surface area contributed by atoms with Crippen molar-refractivity contribution in [3.05, 3.63) is 75.9 Å². The number of non-ortho nitro benzene ring substituents is 1. The summed E-state index contributed by atoms with van der Waals surface area (Å²) in [4.78, 5) is 11.6. The molecule has 0 bridgehead atoms. The van der Waals surface area contributed by atoms with Crippen LogP contribution in [0.5, 0.6) is 0 Å². The second kappa shape index (κ2) is 7.47. The summed E-state index contributed by atoms with van der Waals surface area (Å²) in [5, 5.41) is 19.1. The van der Waals surface area contributed by atoms with E-state index >= 15 is 0 Å². The first-order valence-electron chi connectivity index (χ1n) is 9.19. The quantitative estimate of drug-likeness (QED) is 0.500. The van der Waals surface area contributed by atoms with Crippen LogP contribution in [-0.2, 0) is 6.54 Å². The lowest BCUT2D eigenvalue weighted by Gasteiger charge is -2.23. The number of halogens is 1. The highest BCUT2D eigenvalue weighted by Crippen LogP contribution is 2.24. The number of rotatable bonds is 7. The van der Waals surface area contributed by atoms with Gasteiger partial charge in [0.2, 0.25) is 5.89 Å². The molecule has 7 nitrogen and oxygen atoms in total. The Labute approximate surface area is 161 Å². The highest BCUT2D eigenvalue weighted by molar-refractivity contribution is 5.55. The van der Waals surface area contributed by atoms with E-state index in [1.165, 1.54) is 29.2 Å². The van der Waals surface area contributed by atoms with Crippen LogP contribution in [0, 0.1) is 15.9 Å². The Morgan fingerprint density at radius 3 is 2.46 bits per heavy atom. The van der Waals surface area contributed by atoms with Crippen LogP contribution in [-0.4, -0.2) is 21.2 Å². The molecule has 4 rings (SSSR count). The molecule has 0 spiro atoms. The maximum absolute atomic E-state index is 13.2. The Morgan fingerprint density at radius 1 is 1.18 bits per heavy atom. The average Bonchev–Trinajstić information content (AvgIpc) is 3.42. The molecular formula is C20H20FN4O3+. The Hall–Kier alpha value is -3.13. The van der Waals surface area contributed by atoms with Gasteiger partial charge in [-0.15, -0.1) is 10.2 Å². The molecule has 1 aliphatic carbocycles. The number of quaternary nitrogens is 1. The Balaban J connectivity index is 1.52. The van der Waals surface area contributed by atoms with Gasteiger partial charge in [0, 0.05) is 36.1 Å². The van der Waals surface area contributed by atoms with Gasteiger partial charge in [0.1, 0.15) is 12.4 Å². The van der Waals surface area contributed by atoms with Crippen LogP contribution in [0.1, 0.15) is 37.3 Å². The zero-order chi connectivity index (χ0) is 19.7. The number of nitrogens with zero attached hydrogens (tertiary/aromatic N) is 3. The second-order valence-electron chi connectivity index (χ2n) is 7.12. The molecule has 1 unspecified atom stereocenters. The predicted molar refractivity (Wildman–Crippen MR) is 98.9 cm³/mol. The highest BCUT2D eigenvalue weighted by atomic mass is 19.1. The summed E-state index contributed by atoms with van der Waals surface area (Å²) in [6.45, 7) is 2.80. The van der Waals surface area contributed by atoms with E-state index in [0.717, 1.165) is 24.9 Å². The molecule has 1 aromatic heterocycles. The zero-order valence-corrected chi connectivity index (χ0v) is 15.3. The van der Waals surface area contributed by atoms with Gasteiger partial charge in [-0.05, 0) is 31.2 Å². The van der Waals surface area contributed by atoms with Crippen LogP contribution in [0.15, 0.2) is 52.9 Å². The Kier molecular flexibility index (Phi) is 4.87. The molecule has 0 amide bonds. The summed E-state index contributed by atoms with van der Waals surface area (Å²) in [7, 11) is 0. The van der Waals surface area contributed by atoms with Crippen LogP contribution in [0.2, 0.25) is 0 Å². The fourth-order valence-corrected chi connectivity index (χ4v) is 3.35. The van der Waals surface area contributed by atoms with E-state index in [0.29, 0.717) is 23.4 Å². The summed E-state index contributed by atoms with van der Waals surface area (Å²) >= 11 is 0. The minimum atomic E-state index is -0.447. The molecule has 144 valence electrons. The van der Waals surface area contributed by atoms with Crippen molar-refractivity contribution in [1.82, 2.24) is 10.2 Å². The zero-order valence-electron chi connectivity index (χ0n) is 15.3. The molecule has 8 heteroatoms. The van der Waals surface area contributed by atoms with Gasteiger partial charge in [-0.1, -0.05) is 12.1 Å². The Morgan fingerprint density at radius 2 is 1.86 bits per heavy atom. The molecule has 0 aliphatic heterocycles. The van der Waals surface area contributed by atoms with E-state index in [1.807, 2.05) is 6.92 Å². The summed E-state index contributed by atoms with van der Waals surface area (Å²) < 4.78 is 19.0. The van der Waals surface area contributed by atoms with Crippen molar-refractivity contribution in [2.75, 3.05) is 0 Å². The lowest BCUT2D eigenvalue weighted by atomic mass is 10.1. The summed E-state index contributed by atoms with van der Waals surface area (Å²) in [5.41, 5.74) is 1.72. The van der Waals surface area contributed by atoms with Gasteiger partial charge in [-0.25, -0.2) is 4.39 Å². The van der Waals surface area contributed by atoms with Crippen molar-refractivity contribution in [2.45, 2.75) is 38.4 Å². The van der Waals surface area contributed by atoms with Gasteiger partial charge in [0.15, 0.2) is 6.04 Å². The molecule has 2 aromatic carbocycles. The smallest absolute Gasteiger partial charge is 0.274 e. The molecule has 3 aromatic rings. The number of hydrogen-bond acceptors (Lipinski definition) is 5. The van der Waals surface area contributed by atoms with E-state index in [-0.39, 0.29) is 17.5 Å². The average molecular weight is 383 g/mol. The summed E-state index contributed by atoms with van der Waals surface area (Å²) in [5.74, 6) is 0.625.